The lowest BCUT2D eigenvalue weighted by molar-refractivity contribution is 0.131. The fourth-order valence-corrected chi connectivity index (χ4v) is 2.59. The lowest BCUT2D eigenvalue weighted by Crippen LogP contribution is -2.33. The fourth-order valence-electron chi connectivity index (χ4n) is 2.59. The van der Waals surface area contributed by atoms with E-state index in [1.165, 1.54) is 18.4 Å². The largest absolute Gasteiger partial charge is 0.488 e. The number of benzene rings is 1. The number of hydrogen-bond donors (Lipinski definition) is 2. The Balaban J connectivity index is 2.01. The van der Waals surface area contributed by atoms with Gasteiger partial charge in [-0.3, -0.25) is 0 Å². The first-order chi connectivity index (χ1) is 8.96. The van der Waals surface area contributed by atoms with Gasteiger partial charge in [0.25, 0.3) is 0 Å². The van der Waals surface area contributed by atoms with Gasteiger partial charge in [-0.1, -0.05) is 12.1 Å². The van der Waals surface area contributed by atoms with Crippen molar-refractivity contribution in [3.8, 4) is 5.75 Å². The van der Waals surface area contributed by atoms with E-state index in [1.54, 1.807) is 0 Å². The molecule has 0 radical (unpaired) electrons. The highest BCUT2D eigenvalue weighted by molar-refractivity contribution is 5.29. The second-order valence-corrected chi connectivity index (χ2v) is 6.40. The molecule has 3 N–H and O–H groups in total. The Labute approximate surface area is 116 Å². The van der Waals surface area contributed by atoms with E-state index in [2.05, 4.69) is 38.2 Å². The van der Waals surface area contributed by atoms with Crippen LogP contribution in [0.5, 0.6) is 5.75 Å². The number of nitrogens with two attached hydrogens (primary N) is 1. The van der Waals surface area contributed by atoms with E-state index in [4.69, 9.17) is 10.5 Å². The van der Waals surface area contributed by atoms with Crippen molar-refractivity contribution in [1.82, 2.24) is 5.32 Å². The highest BCUT2D eigenvalue weighted by Gasteiger charge is 2.21. The minimum absolute atomic E-state index is 0.144. The molecular weight excluding hydrogens is 236 g/mol. The molecule has 3 nitrogen and oxygen atoms in total. The lowest BCUT2D eigenvalue weighted by Gasteiger charge is -2.28. The van der Waals surface area contributed by atoms with E-state index in [1.807, 2.05) is 12.1 Å². The molecule has 1 aromatic carbocycles. The highest BCUT2D eigenvalue weighted by Crippen LogP contribution is 2.28. The zero-order valence-corrected chi connectivity index (χ0v) is 12.3. The van der Waals surface area contributed by atoms with Crippen LogP contribution in [0.2, 0.25) is 0 Å². The molecule has 1 aliphatic rings. The molecule has 0 amide bonds. The zero-order valence-electron chi connectivity index (χ0n) is 12.3. The molecule has 1 aromatic rings. The minimum Gasteiger partial charge on any atom is -0.488 e. The second-order valence-electron chi connectivity index (χ2n) is 6.40. The van der Waals surface area contributed by atoms with Gasteiger partial charge in [-0.25, -0.2) is 0 Å². The molecule has 3 heteroatoms. The van der Waals surface area contributed by atoms with Crippen molar-refractivity contribution in [3.63, 3.8) is 0 Å². The normalized spacial score (nSPS) is 19.2. The molecule has 1 saturated heterocycles. The second kappa shape index (κ2) is 5.93. The van der Waals surface area contributed by atoms with Gasteiger partial charge in [-0.2, -0.15) is 0 Å². The van der Waals surface area contributed by atoms with Gasteiger partial charge in [0.05, 0.1) is 0 Å². The summed E-state index contributed by atoms with van der Waals surface area (Å²) in [4.78, 5) is 0. The Bertz CT molecular complexity index is 388. The first kappa shape index (κ1) is 14.4. The maximum absolute atomic E-state index is 6.38. The molecule has 1 aliphatic heterocycles. The molecule has 1 fully saturated rings. The third-order valence-electron chi connectivity index (χ3n) is 3.58. The van der Waals surface area contributed by atoms with Gasteiger partial charge in [0.1, 0.15) is 11.4 Å². The van der Waals surface area contributed by atoms with Gasteiger partial charge in [0.15, 0.2) is 0 Å². The van der Waals surface area contributed by atoms with E-state index in [-0.39, 0.29) is 11.6 Å². The van der Waals surface area contributed by atoms with Gasteiger partial charge < -0.3 is 15.8 Å². The van der Waals surface area contributed by atoms with Crippen LogP contribution in [0.4, 0.5) is 0 Å². The van der Waals surface area contributed by atoms with Gasteiger partial charge in [-0.15, -0.1) is 0 Å². The molecule has 0 aliphatic carbocycles. The number of piperidine rings is 1. The Morgan fingerprint density at radius 1 is 1.16 bits per heavy atom. The van der Waals surface area contributed by atoms with Crippen molar-refractivity contribution in [2.75, 3.05) is 13.1 Å². The summed E-state index contributed by atoms with van der Waals surface area (Å²) in [7, 11) is 0. The molecule has 2 rings (SSSR count). The van der Waals surface area contributed by atoms with Crippen molar-refractivity contribution in [3.05, 3.63) is 29.8 Å². The number of rotatable bonds is 3. The summed E-state index contributed by atoms with van der Waals surface area (Å²) in [6.07, 6.45) is 2.34. The van der Waals surface area contributed by atoms with Crippen molar-refractivity contribution in [2.45, 2.75) is 45.3 Å². The third-order valence-corrected chi connectivity index (χ3v) is 3.58. The summed E-state index contributed by atoms with van der Waals surface area (Å²) >= 11 is 0. The van der Waals surface area contributed by atoms with E-state index < -0.39 is 0 Å². The van der Waals surface area contributed by atoms with E-state index in [0.717, 1.165) is 18.8 Å². The Morgan fingerprint density at radius 2 is 1.74 bits per heavy atom. The van der Waals surface area contributed by atoms with Crippen LogP contribution in [-0.2, 0) is 0 Å². The molecule has 1 unspecified atom stereocenters. The Hall–Kier alpha value is -1.06. The summed E-state index contributed by atoms with van der Waals surface area (Å²) in [5, 5.41) is 3.38. The topological polar surface area (TPSA) is 47.3 Å². The quantitative estimate of drug-likeness (QED) is 0.880. The Morgan fingerprint density at radius 3 is 2.26 bits per heavy atom. The van der Waals surface area contributed by atoms with Crippen LogP contribution in [0.1, 0.15) is 45.2 Å². The third kappa shape index (κ3) is 4.22. The molecule has 106 valence electrons. The van der Waals surface area contributed by atoms with Gasteiger partial charge >= 0.3 is 0 Å². The first-order valence-electron chi connectivity index (χ1n) is 7.21. The predicted octanol–water partition coefficient (Wildman–Crippen LogP) is 2.86. The smallest absolute Gasteiger partial charge is 0.120 e. The zero-order chi connectivity index (χ0) is 13.9. The van der Waals surface area contributed by atoms with Crippen molar-refractivity contribution < 1.29 is 4.74 Å². The van der Waals surface area contributed by atoms with Gasteiger partial charge in [0.2, 0.25) is 0 Å². The Kier molecular flexibility index (Phi) is 4.48. The summed E-state index contributed by atoms with van der Waals surface area (Å²) in [5.41, 5.74) is 7.44. The van der Waals surface area contributed by atoms with Crippen LogP contribution in [0, 0.1) is 5.92 Å². The molecule has 0 spiro atoms. The van der Waals surface area contributed by atoms with E-state index in [9.17, 15) is 0 Å². The van der Waals surface area contributed by atoms with Crippen LogP contribution in [0.25, 0.3) is 0 Å². The van der Waals surface area contributed by atoms with Crippen molar-refractivity contribution in [1.29, 1.82) is 0 Å². The highest BCUT2D eigenvalue weighted by atomic mass is 16.5. The predicted molar refractivity (Wildman–Crippen MR) is 79.3 cm³/mol. The monoisotopic (exact) mass is 262 g/mol. The van der Waals surface area contributed by atoms with Crippen LogP contribution in [0.15, 0.2) is 24.3 Å². The van der Waals surface area contributed by atoms with Gasteiger partial charge in [-0.05, 0) is 70.3 Å². The van der Waals surface area contributed by atoms with E-state index >= 15 is 0 Å². The average Bonchev–Trinajstić information content (AvgIpc) is 2.38. The van der Waals surface area contributed by atoms with Crippen LogP contribution < -0.4 is 15.8 Å². The molecule has 1 heterocycles. The lowest BCUT2D eigenvalue weighted by atomic mass is 9.86. The molecule has 0 bridgehead atoms. The molecular formula is C16H26N2O. The van der Waals surface area contributed by atoms with E-state index in [0.29, 0.717) is 5.92 Å². The molecule has 0 saturated carbocycles. The summed E-state index contributed by atoms with van der Waals surface area (Å²) in [5.74, 6) is 1.50. The van der Waals surface area contributed by atoms with Gasteiger partial charge in [0, 0.05) is 6.04 Å². The first-order valence-corrected chi connectivity index (χ1v) is 7.21. The number of ether oxygens (including phenoxy) is 1. The maximum Gasteiger partial charge on any atom is 0.120 e. The van der Waals surface area contributed by atoms with Crippen molar-refractivity contribution in [2.24, 2.45) is 11.7 Å². The minimum atomic E-state index is -0.154. The molecule has 1 atom stereocenters. The number of hydrogen-bond acceptors (Lipinski definition) is 3. The maximum atomic E-state index is 6.38. The summed E-state index contributed by atoms with van der Waals surface area (Å²) in [6.45, 7) is 8.35. The SMILES string of the molecule is CC(C)(C)Oc1ccc(C(N)C2CCNCC2)cc1. The number of nitrogens with one attached hydrogen (secondary N) is 1. The summed E-state index contributed by atoms with van der Waals surface area (Å²) < 4.78 is 5.83. The van der Waals surface area contributed by atoms with Crippen molar-refractivity contribution >= 4 is 0 Å². The molecule has 19 heavy (non-hydrogen) atoms. The fraction of sp³-hybridized carbons (Fsp3) is 0.625. The van der Waals surface area contributed by atoms with Crippen LogP contribution in [0.3, 0.4) is 0 Å². The van der Waals surface area contributed by atoms with Crippen LogP contribution in [-0.4, -0.2) is 18.7 Å². The summed E-state index contributed by atoms with van der Waals surface area (Å²) in [6, 6.07) is 8.41. The standard InChI is InChI=1S/C16H26N2O/c1-16(2,3)19-14-6-4-12(5-7-14)15(17)13-8-10-18-11-9-13/h4-7,13,15,18H,8-11,17H2,1-3H3. The average molecular weight is 262 g/mol. The molecule has 0 aromatic heterocycles. The van der Waals surface area contributed by atoms with Crippen LogP contribution >= 0.6 is 0 Å².